The van der Waals surface area contributed by atoms with Crippen molar-refractivity contribution < 1.29 is 9.72 Å². The van der Waals surface area contributed by atoms with E-state index in [2.05, 4.69) is 15.2 Å². The number of carbonyl (C=O) groups excluding carboxylic acids is 1. The predicted octanol–water partition coefficient (Wildman–Crippen LogP) is 3.80. The van der Waals surface area contributed by atoms with Gasteiger partial charge in [-0.05, 0) is 44.0 Å². The largest absolute Gasteiger partial charge is 0.310 e. The number of nitrogens with one attached hydrogen (secondary N) is 1. The normalized spacial score (nSPS) is 17.5. The van der Waals surface area contributed by atoms with Gasteiger partial charge >= 0.3 is 0 Å². The average Bonchev–Trinajstić information content (AvgIpc) is 2.65. The van der Waals surface area contributed by atoms with Gasteiger partial charge in [-0.15, -0.1) is 0 Å². The highest BCUT2D eigenvalue weighted by Crippen LogP contribution is 2.25. The summed E-state index contributed by atoms with van der Waals surface area (Å²) in [5.41, 5.74) is 1.73. The number of halogens is 1. The monoisotopic (exact) mass is 388 g/mol. The molecule has 0 aliphatic carbocycles. The lowest BCUT2D eigenvalue weighted by Crippen LogP contribution is -2.40. The van der Waals surface area contributed by atoms with Crippen LogP contribution in [-0.2, 0) is 11.3 Å². The minimum absolute atomic E-state index is 0.0645. The minimum atomic E-state index is -0.357. The summed E-state index contributed by atoms with van der Waals surface area (Å²) in [6.45, 7) is 3.84. The van der Waals surface area contributed by atoms with Crippen molar-refractivity contribution in [2.75, 3.05) is 18.4 Å². The van der Waals surface area contributed by atoms with Gasteiger partial charge in [-0.3, -0.25) is 19.8 Å². The summed E-state index contributed by atoms with van der Waals surface area (Å²) in [6.07, 6.45) is 3.21. The summed E-state index contributed by atoms with van der Waals surface area (Å²) in [5.74, 6) is 0.275. The van der Waals surface area contributed by atoms with E-state index in [0.717, 1.165) is 24.9 Å². The smallest absolute Gasteiger partial charge is 0.272 e. The zero-order valence-electron chi connectivity index (χ0n) is 15.0. The molecule has 1 unspecified atom stereocenters. The second-order valence-corrected chi connectivity index (χ2v) is 7.18. The van der Waals surface area contributed by atoms with E-state index in [0.29, 0.717) is 29.5 Å². The van der Waals surface area contributed by atoms with E-state index < -0.39 is 0 Å². The Hall–Kier alpha value is -2.51. The van der Waals surface area contributed by atoms with Gasteiger partial charge in [0.25, 0.3) is 5.69 Å². The highest BCUT2D eigenvalue weighted by molar-refractivity contribution is 6.30. The number of nitro groups is 1. The Morgan fingerprint density at radius 3 is 2.93 bits per heavy atom. The van der Waals surface area contributed by atoms with Crippen LogP contribution in [0.1, 0.15) is 24.0 Å². The molecule has 8 heteroatoms. The highest BCUT2D eigenvalue weighted by Gasteiger charge is 2.27. The molecular formula is C19H21ClN4O3. The van der Waals surface area contributed by atoms with Crippen LogP contribution < -0.4 is 5.32 Å². The number of benzene rings is 1. The Bertz CT molecular complexity index is 841. The number of likely N-dealkylation sites (tertiary alicyclic amines) is 1. The Balaban J connectivity index is 1.64. The summed E-state index contributed by atoms with van der Waals surface area (Å²) in [5, 5.41) is 14.5. The predicted molar refractivity (Wildman–Crippen MR) is 104 cm³/mol. The van der Waals surface area contributed by atoms with Crippen molar-refractivity contribution in [2.45, 2.75) is 26.3 Å². The molecule has 1 aliphatic heterocycles. The molecule has 0 radical (unpaired) electrons. The topological polar surface area (TPSA) is 88.4 Å². The molecule has 1 aromatic carbocycles. The second-order valence-electron chi connectivity index (χ2n) is 6.74. The molecule has 1 saturated heterocycles. The van der Waals surface area contributed by atoms with Crippen LogP contribution in [0, 0.1) is 23.0 Å². The number of amides is 1. The number of hydrogen-bond donors (Lipinski definition) is 1. The van der Waals surface area contributed by atoms with Gasteiger partial charge in [0.2, 0.25) is 5.91 Å². The van der Waals surface area contributed by atoms with Crippen LogP contribution in [0.4, 0.5) is 11.5 Å². The number of aromatic nitrogens is 1. The zero-order valence-corrected chi connectivity index (χ0v) is 15.8. The minimum Gasteiger partial charge on any atom is -0.310 e. The lowest BCUT2D eigenvalue weighted by Gasteiger charge is -2.32. The molecular weight excluding hydrogens is 368 g/mol. The SMILES string of the molecule is Cc1c(CN2CCCC(C(=O)Nc3ccc(Cl)cn3)C2)cccc1[N+](=O)[O-]. The Morgan fingerprint density at radius 1 is 1.41 bits per heavy atom. The number of hydrogen-bond acceptors (Lipinski definition) is 5. The maximum atomic E-state index is 12.6. The summed E-state index contributed by atoms with van der Waals surface area (Å²) in [4.78, 5) is 29.6. The fraction of sp³-hybridized carbons (Fsp3) is 0.368. The van der Waals surface area contributed by atoms with Crippen molar-refractivity contribution in [2.24, 2.45) is 5.92 Å². The lowest BCUT2D eigenvalue weighted by molar-refractivity contribution is -0.385. The van der Waals surface area contributed by atoms with E-state index in [9.17, 15) is 14.9 Å². The first-order chi connectivity index (χ1) is 12.9. The highest BCUT2D eigenvalue weighted by atomic mass is 35.5. The number of carbonyl (C=O) groups is 1. The van der Waals surface area contributed by atoms with Crippen molar-refractivity contribution in [1.29, 1.82) is 0 Å². The average molecular weight is 389 g/mol. The molecule has 0 bridgehead atoms. The van der Waals surface area contributed by atoms with Crippen LogP contribution in [0.5, 0.6) is 0 Å². The van der Waals surface area contributed by atoms with Gasteiger partial charge in [0.05, 0.1) is 15.9 Å². The molecule has 1 aromatic heterocycles. The molecule has 3 rings (SSSR count). The van der Waals surface area contributed by atoms with Crippen molar-refractivity contribution in [1.82, 2.24) is 9.88 Å². The number of rotatable bonds is 5. The van der Waals surface area contributed by atoms with E-state index in [4.69, 9.17) is 11.6 Å². The standard InChI is InChI=1S/C19H21ClN4O3/c1-13-14(4-2-6-17(13)24(26)27)11-23-9-3-5-15(12-23)19(25)22-18-8-7-16(20)10-21-18/h2,4,6-8,10,15H,3,5,9,11-12H2,1H3,(H,21,22,25). The van der Waals surface area contributed by atoms with Gasteiger partial charge in [0.15, 0.2) is 0 Å². The van der Waals surface area contributed by atoms with Gasteiger partial charge in [0.1, 0.15) is 5.82 Å². The summed E-state index contributed by atoms with van der Waals surface area (Å²) in [6, 6.07) is 8.49. The van der Waals surface area contributed by atoms with Gasteiger partial charge in [0, 0.05) is 30.9 Å². The van der Waals surface area contributed by atoms with Gasteiger partial charge in [-0.25, -0.2) is 4.98 Å². The number of piperidine rings is 1. The third-order valence-corrected chi connectivity index (χ3v) is 5.09. The molecule has 2 heterocycles. The maximum Gasteiger partial charge on any atom is 0.272 e. The van der Waals surface area contributed by atoms with Crippen LogP contribution >= 0.6 is 11.6 Å². The van der Waals surface area contributed by atoms with Crippen LogP contribution in [0.15, 0.2) is 36.5 Å². The summed E-state index contributed by atoms with van der Waals surface area (Å²) in [7, 11) is 0. The molecule has 1 atom stereocenters. The third-order valence-electron chi connectivity index (χ3n) is 4.86. The second kappa shape index (κ2) is 8.45. The van der Waals surface area contributed by atoms with Gasteiger partial charge in [-0.2, -0.15) is 0 Å². The fourth-order valence-electron chi connectivity index (χ4n) is 3.37. The zero-order chi connectivity index (χ0) is 19.4. The first-order valence-electron chi connectivity index (χ1n) is 8.81. The Kier molecular flexibility index (Phi) is 6.03. The van der Waals surface area contributed by atoms with E-state index in [-0.39, 0.29) is 22.4 Å². The Labute approximate surface area is 162 Å². The molecule has 7 nitrogen and oxygen atoms in total. The lowest BCUT2D eigenvalue weighted by atomic mass is 9.96. The third kappa shape index (κ3) is 4.81. The fourth-order valence-corrected chi connectivity index (χ4v) is 3.48. The molecule has 27 heavy (non-hydrogen) atoms. The number of pyridine rings is 1. The molecule has 0 saturated carbocycles. The molecule has 2 aromatic rings. The molecule has 1 fully saturated rings. The van der Waals surface area contributed by atoms with Crippen molar-refractivity contribution in [3.63, 3.8) is 0 Å². The molecule has 0 spiro atoms. The number of nitrogens with zero attached hydrogens (tertiary/aromatic N) is 3. The van der Waals surface area contributed by atoms with E-state index in [1.165, 1.54) is 12.3 Å². The van der Waals surface area contributed by atoms with Crippen molar-refractivity contribution >= 4 is 29.0 Å². The number of anilines is 1. The van der Waals surface area contributed by atoms with Gasteiger partial charge in [-0.1, -0.05) is 23.7 Å². The van der Waals surface area contributed by atoms with Crippen molar-refractivity contribution in [3.05, 3.63) is 62.8 Å². The van der Waals surface area contributed by atoms with Gasteiger partial charge < -0.3 is 5.32 Å². The summed E-state index contributed by atoms with van der Waals surface area (Å²) < 4.78 is 0. The Morgan fingerprint density at radius 2 is 2.22 bits per heavy atom. The summed E-state index contributed by atoms with van der Waals surface area (Å²) >= 11 is 5.81. The maximum absolute atomic E-state index is 12.6. The molecule has 1 amide bonds. The number of nitro benzene ring substituents is 1. The quantitative estimate of drug-likeness (QED) is 0.621. The van der Waals surface area contributed by atoms with Crippen LogP contribution in [0.25, 0.3) is 0 Å². The van der Waals surface area contributed by atoms with Crippen LogP contribution in [-0.4, -0.2) is 33.8 Å². The first kappa shape index (κ1) is 19.3. The van der Waals surface area contributed by atoms with E-state index in [1.54, 1.807) is 25.1 Å². The molecule has 1 aliphatic rings. The van der Waals surface area contributed by atoms with E-state index >= 15 is 0 Å². The van der Waals surface area contributed by atoms with Crippen LogP contribution in [0.2, 0.25) is 5.02 Å². The van der Waals surface area contributed by atoms with Crippen molar-refractivity contribution in [3.8, 4) is 0 Å². The molecule has 142 valence electrons. The first-order valence-corrected chi connectivity index (χ1v) is 9.19. The van der Waals surface area contributed by atoms with Crippen LogP contribution in [0.3, 0.4) is 0 Å². The van der Waals surface area contributed by atoms with E-state index in [1.807, 2.05) is 6.07 Å². The molecule has 1 N–H and O–H groups in total.